The second kappa shape index (κ2) is 42.4. The van der Waals surface area contributed by atoms with Crippen LogP contribution < -0.4 is 30.4 Å². The molecule has 10 aromatic carbocycles. The fourth-order valence-electron chi connectivity index (χ4n) is 13.6. The largest absolute Gasteiger partial charge is 0.434 e. The highest BCUT2D eigenvalue weighted by Crippen LogP contribution is 2.39. The van der Waals surface area contributed by atoms with Crippen LogP contribution in [0.3, 0.4) is 0 Å². The standard InChI is InChI=1S/C19H14ClFN4O2S.C18H14F5N3O3S.C18H15F4N3O2S.C18H16F3N3O2S.C17H13BrF3N3O2S/c20-14-6-3-13(16(21)10-14)11-25-18(24-17-2-1-9-23-19(17)25)12-4-7-15(8-5-12)28(22,26)27;19-17(20)29-14-4-2-1-3-12(14)9-26-10-15(18(21,22)23)25-16(26)11-5-7-13(8-6-11)30(24,27)28;1-11-8-12(2-7-15(11)19)9-25-10-16(18(20,21)22)24-17(25)13-3-5-14(6-4-13)28(23,26)27;1-12-4-2-3-5-14(12)10-24-11-16(18(19,20)21)23-17(24)13-6-8-15(9-7-13)27(22,25)26;18-13-3-1-2-11(8-13)9-24-10-15(17(19,20)21)23-16(24)12-4-6-14(7-5-12)27(22,25)26/h1-10H,11H2,(H2,22,26,27);1-8,10,17H,9H2,(H2,24,27,28);2-8,10H,9H2,1H3,(H2,23,26,27);2-9,11H,10H2,1H3,(H2,22,25,26);1-8,10H,9H2,(H2,22,25,26). The number of hydrogen-bond donors (Lipinski definition) is 5. The maximum absolute atomic E-state index is 14.3. The van der Waals surface area contributed by atoms with Gasteiger partial charge < -0.3 is 27.6 Å². The number of primary sulfonamides is 5. The maximum Gasteiger partial charge on any atom is 0.434 e. The molecule has 0 saturated carbocycles. The summed E-state index contributed by atoms with van der Waals surface area (Å²) in [6, 6.07) is 58.8. The van der Waals surface area contributed by atoms with Crippen LogP contribution in [0.1, 0.15) is 61.7 Å². The molecular formula is C90H72BrClF16N16O11S5. The number of nitrogens with zero attached hydrogens (tertiary/aromatic N) is 11. The number of ether oxygens (including phenoxy) is 1. The van der Waals surface area contributed by atoms with E-state index in [-0.39, 0.29) is 103 Å². The molecule has 0 amide bonds. The SMILES string of the molecule is Cc1cc(Cn2cc(C(F)(F)F)nc2-c2ccc(S(N)(=O)=O)cc2)ccc1F.Cc1ccccc1Cn1cc(C(F)(F)F)nc1-c1ccc(S(N)(=O)=O)cc1.NS(=O)(=O)c1ccc(-c2nc(C(F)(F)F)cn2Cc2cccc(Br)c2)cc1.NS(=O)(=O)c1ccc(-c2nc(C(F)(F)F)cn2Cc2ccccc2OC(F)F)cc1.NS(=O)(=O)c1ccc(-c2nc3cccnc3n2Cc2ccc(Cl)cc2F)cc1. The van der Waals surface area contributed by atoms with Crippen molar-refractivity contribution in [2.24, 2.45) is 25.7 Å². The first-order chi connectivity index (χ1) is 65.3. The Kier molecular flexibility index (Phi) is 31.9. The molecule has 27 nitrogen and oxygen atoms in total. The van der Waals surface area contributed by atoms with Gasteiger partial charge in [-0.25, -0.2) is 106 Å². The van der Waals surface area contributed by atoms with E-state index in [4.69, 9.17) is 37.3 Å². The van der Waals surface area contributed by atoms with Gasteiger partial charge in [0.15, 0.2) is 28.4 Å². The molecule has 0 fully saturated rings. The number of halogens is 18. The second-order valence-corrected chi connectivity index (χ2v) is 39.5. The lowest BCUT2D eigenvalue weighted by Crippen LogP contribution is -2.12. The molecule has 0 saturated heterocycles. The van der Waals surface area contributed by atoms with Crippen LogP contribution in [0.25, 0.3) is 68.1 Å². The molecule has 0 atom stereocenters. The van der Waals surface area contributed by atoms with Gasteiger partial charge in [-0.05, 0) is 212 Å². The quantitative estimate of drug-likeness (QED) is 0.0393. The Hall–Kier alpha value is -13.3. The number of fused-ring (bicyclic) bond motifs is 1. The Bertz CT molecular complexity index is 7840. The summed E-state index contributed by atoms with van der Waals surface area (Å²) in [7, 11) is -19.5. The number of benzene rings is 10. The van der Waals surface area contributed by atoms with Crippen LogP contribution in [0.5, 0.6) is 5.75 Å². The van der Waals surface area contributed by atoms with E-state index in [9.17, 15) is 112 Å². The smallest absolute Gasteiger partial charge is 0.434 e. The topological polar surface area (TPSA) is 412 Å². The predicted octanol–water partition coefficient (Wildman–Crippen LogP) is 18.8. The number of imidazole rings is 5. The zero-order chi connectivity index (χ0) is 102. The summed E-state index contributed by atoms with van der Waals surface area (Å²) in [5.41, 5.74) is 2.86. The third-order valence-electron chi connectivity index (χ3n) is 20.3. The predicted molar refractivity (Wildman–Crippen MR) is 487 cm³/mol. The fourth-order valence-corrected chi connectivity index (χ4v) is 16.7. The van der Waals surface area contributed by atoms with E-state index in [1.807, 2.05) is 37.3 Å². The Balaban J connectivity index is 0.000000157. The summed E-state index contributed by atoms with van der Waals surface area (Å²) >= 11 is 9.17. The summed E-state index contributed by atoms with van der Waals surface area (Å²) in [5.74, 6) is -0.487. The fraction of sp³-hybridized carbons (Fsp3) is 0.133. The monoisotopic (exact) mass is 2130 g/mol. The highest BCUT2D eigenvalue weighted by atomic mass is 79.9. The van der Waals surface area contributed by atoms with Gasteiger partial charge in [-0.1, -0.05) is 100 Å². The van der Waals surface area contributed by atoms with Crippen LogP contribution in [0.2, 0.25) is 5.02 Å². The molecular weight excluding hydrogens is 2060 g/mol. The molecule has 6 aromatic heterocycles. The van der Waals surface area contributed by atoms with Crippen molar-refractivity contribution < 1.29 is 117 Å². The Morgan fingerprint density at radius 3 is 1.07 bits per heavy atom. The number of nitrogens with two attached hydrogens (primary N) is 5. The van der Waals surface area contributed by atoms with Gasteiger partial charge in [-0.15, -0.1) is 0 Å². The van der Waals surface area contributed by atoms with Crippen molar-refractivity contribution >= 4 is 88.8 Å². The van der Waals surface area contributed by atoms with E-state index in [2.05, 4.69) is 50.6 Å². The number of hydrogen-bond acceptors (Lipinski definition) is 17. The first-order valence-electron chi connectivity index (χ1n) is 39.9. The van der Waals surface area contributed by atoms with Gasteiger partial charge in [0.25, 0.3) is 0 Å². The Morgan fingerprint density at radius 2 is 0.714 bits per heavy atom. The van der Waals surface area contributed by atoms with Crippen molar-refractivity contribution in [1.29, 1.82) is 0 Å². The number of rotatable bonds is 22. The molecule has 16 rings (SSSR count). The first-order valence-corrected chi connectivity index (χ1v) is 48.8. The van der Waals surface area contributed by atoms with Crippen LogP contribution in [0.15, 0.2) is 303 Å². The highest BCUT2D eigenvalue weighted by Gasteiger charge is 2.39. The van der Waals surface area contributed by atoms with E-state index in [1.165, 1.54) is 159 Å². The maximum atomic E-state index is 14.3. The first kappa shape index (κ1) is 106. The van der Waals surface area contributed by atoms with Gasteiger partial charge in [-0.3, -0.25) is 0 Å². The molecule has 0 bridgehead atoms. The van der Waals surface area contributed by atoms with E-state index in [0.717, 1.165) is 62.7 Å². The molecule has 0 aliphatic rings. The van der Waals surface area contributed by atoms with Gasteiger partial charge in [-0.2, -0.15) is 61.5 Å². The van der Waals surface area contributed by atoms with Crippen molar-refractivity contribution in [3.8, 4) is 62.7 Å². The van der Waals surface area contributed by atoms with Crippen LogP contribution in [-0.2, 0) is 108 Å². The lowest BCUT2D eigenvalue weighted by Gasteiger charge is -2.13. The number of aryl methyl sites for hydroxylation is 2. The average molecular weight is 2130 g/mol. The lowest BCUT2D eigenvalue weighted by atomic mass is 10.1. The van der Waals surface area contributed by atoms with Crippen molar-refractivity contribution in [2.75, 3.05) is 0 Å². The summed E-state index contributed by atoms with van der Waals surface area (Å²) in [6.07, 6.45) is -13.5. The minimum Gasteiger partial charge on any atom is -0.434 e. The second-order valence-electron chi connectivity index (χ2n) is 30.4. The minimum atomic E-state index is -4.75. The normalized spacial score (nSPS) is 12.2. The number of alkyl halides is 14. The number of sulfonamides is 5. The van der Waals surface area contributed by atoms with Crippen LogP contribution in [0, 0.1) is 25.5 Å². The molecule has 16 aromatic rings. The minimum absolute atomic E-state index is 0.000724. The summed E-state index contributed by atoms with van der Waals surface area (Å²) in [4.78, 5) is 23.0. The van der Waals surface area contributed by atoms with E-state index in [1.54, 1.807) is 72.3 Å². The van der Waals surface area contributed by atoms with Gasteiger partial charge >= 0.3 is 31.3 Å². The van der Waals surface area contributed by atoms with Gasteiger partial charge in [0.1, 0.15) is 52.0 Å². The van der Waals surface area contributed by atoms with Crippen LogP contribution in [-0.4, -0.2) is 101 Å². The number of aromatic nitrogens is 11. The lowest BCUT2D eigenvalue weighted by molar-refractivity contribution is -0.141. The van der Waals surface area contributed by atoms with E-state index in [0.29, 0.717) is 55.4 Å². The molecule has 10 N–H and O–H groups in total. The van der Waals surface area contributed by atoms with Crippen molar-refractivity contribution in [2.45, 2.75) is 102 Å². The van der Waals surface area contributed by atoms with Crippen molar-refractivity contribution in [1.82, 2.24) is 52.7 Å². The molecule has 0 spiro atoms. The molecule has 0 aliphatic carbocycles. The van der Waals surface area contributed by atoms with Crippen molar-refractivity contribution in [3.63, 3.8) is 0 Å². The van der Waals surface area contributed by atoms with Crippen LogP contribution >= 0.6 is 27.5 Å². The molecule has 50 heteroatoms. The summed E-state index contributed by atoms with van der Waals surface area (Å²) in [5, 5.41) is 25.6. The van der Waals surface area contributed by atoms with Crippen molar-refractivity contribution in [3.05, 3.63) is 356 Å². The van der Waals surface area contributed by atoms with E-state index < -0.39 is 116 Å². The Labute approximate surface area is 800 Å². The van der Waals surface area contributed by atoms with Crippen LogP contribution in [0.4, 0.5) is 70.2 Å². The molecule has 0 radical (unpaired) electrons. The molecule has 6 heterocycles. The highest BCUT2D eigenvalue weighted by molar-refractivity contribution is 9.10. The van der Waals surface area contributed by atoms with Gasteiger partial charge in [0.05, 0.1) is 37.6 Å². The summed E-state index contributed by atoms with van der Waals surface area (Å²) in [6.45, 7) is 0.636. The number of pyridine rings is 1. The molecule has 734 valence electrons. The zero-order valence-electron chi connectivity index (χ0n) is 71.7. The molecule has 0 unspecified atom stereocenters. The Morgan fingerprint density at radius 1 is 0.357 bits per heavy atom. The third kappa shape index (κ3) is 27.4. The molecule has 140 heavy (non-hydrogen) atoms. The van der Waals surface area contributed by atoms with Gasteiger partial charge in [0, 0.05) is 99.1 Å². The average Bonchev–Trinajstić information content (AvgIpc) is 1.61. The zero-order valence-corrected chi connectivity index (χ0v) is 78.2. The van der Waals surface area contributed by atoms with E-state index >= 15 is 0 Å². The third-order valence-corrected chi connectivity index (χ3v) is 25.6. The van der Waals surface area contributed by atoms with Gasteiger partial charge in [0.2, 0.25) is 50.1 Å². The summed E-state index contributed by atoms with van der Waals surface area (Å²) < 4.78 is 337. The molecule has 0 aliphatic heterocycles. The number of para-hydroxylation sites is 1.